The number of aromatic nitrogens is 3. The Kier molecular flexibility index (Phi) is 5.41. The van der Waals surface area contributed by atoms with Gasteiger partial charge in [-0.2, -0.15) is 0 Å². The van der Waals surface area contributed by atoms with Gasteiger partial charge in [-0.1, -0.05) is 0 Å². The number of pyridine rings is 1. The lowest BCUT2D eigenvalue weighted by Gasteiger charge is -2.48. The SMILES string of the molecule is O=C1CC[C@]2(CCCN(C(=O)Cc3ccncc3)C2)CN1CCc1cnc[nH]1. The van der Waals surface area contributed by atoms with Crippen LogP contribution in [0.5, 0.6) is 0 Å². The van der Waals surface area contributed by atoms with Gasteiger partial charge in [0.15, 0.2) is 0 Å². The molecular weight excluding hydrogens is 354 g/mol. The number of imidazole rings is 1. The standard InChI is InChI=1S/C21H27N5O2/c27-19-2-7-21(15-26(19)11-5-18-13-23-16-24-18)6-1-10-25(14-21)20(28)12-17-3-8-22-9-4-17/h3-4,8-9,13,16H,1-2,5-7,10-12,14-15H2,(H,23,24)/t21-/m0/s1. The molecule has 4 heterocycles. The number of carbonyl (C=O) groups is 2. The highest BCUT2D eigenvalue weighted by Crippen LogP contribution is 2.39. The number of rotatable bonds is 5. The average molecular weight is 381 g/mol. The van der Waals surface area contributed by atoms with Crippen LogP contribution in [0.2, 0.25) is 0 Å². The van der Waals surface area contributed by atoms with Gasteiger partial charge in [0.2, 0.25) is 11.8 Å². The van der Waals surface area contributed by atoms with Crippen molar-refractivity contribution in [3.05, 3.63) is 48.3 Å². The molecule has 4 rings (SSSR count). The summed E-state index contributed by atoms with van der Waals surface area (Å²) in [6.07, 6.45) is 11.7. The van der Waals surface area contributed by atoms with Gasteiger partial charge >= 0.3 is 0 Å². The number of H-pyrrole nitrogens is 1. The molecule has 7 nitrogen and oxygen atoms in total. The summed E-state index contributed by atoms with van der Waals surface area (Å²) < 4.78 is 0. The molecule has 2 saturated heterocycles. The summed E-state index contributed by atoms with van der Waals surface area (Å²) in [6, 6.07) is 3.79. The number of nitrogens with one attached hydrogen (secondary N) is 1. The number of hydrogen-bond donors (Lipinski definition) is 1. The molecule has 1 spiro atoms. The minimum absolute atomic E-state index is 0.0358. The molecular formula is C21H27N5O2. The lowest BCUT2D eigenvalue weighted by Crippen LogP contribution is -2.55. The molecule has 2 fully saturated rings. The predicted octanol–water partition coefficient (Wildman–Crippen LogP) is 1.82. The topological polar surface area (TPSA) is 82.2 Å². The minimum atomic E-state index is 0.0358. The minimum Gasteiger partial charge on any atom is -0.348 e. The van der Waals surface area contributed by atoms with Crippen molar-refractivity contribution in [3.63, 3.8) is 0 Å². The predicted molar refractivity (Wildman–Crippen MR) is 104 cm³/mol. The molecule has 0 aromatic carbocycles. The molecule has 2 aromatic heterocycles. The number of likely N-dealkylation sites (tertiary alicyclic amines) is 2. The van der Waals surface area contributed by atoms with Crippen molar-refractivity contribution in [2.24, 2.45) is 5.41 Å². The van der Waals surface area contributed by atoms with Gasteiger partial charge in [-0.15, -0.1) is 0 Å². The lowest BCUT2D eigenvalue weighted by atomic mass is 9.73. The first-order chi connectivity index (χ1) is 13.6. The van der Waals surface area contributed by atoms with E-state index < -0.39 is 0 Å². The normalized spacial score (nSPS) is 22.6. The van der Waals surface area contributed by atoms with E-state index in [4.69, 9.17) is 0 Å². The van der Waals surface area contributed by atoms with Crippen LogP contribution in [0.3, 0.4) is 0 Å². The van der Waals surface area contributed by atoms with E-state index in [-0.39, 0.29) is 17.2 Å². The Bertz CT molecular complexity index is 807. The molecule has 1 N–H and O–H groups in total. The monoisotopic (exact) mass is 381 g/mol. The first-order valence-electron chi connectivity index (χ1n) is 10.1. The lowest BCUT2D eigenvalue weighted by molar-refractivity contribution is -0.142. The number of piperidine rings is 2. The smallest absolute Gasteiger partial charge is 0.227 e. The molecule has 0 saturated carbocycles. The van der Waals surface area contributed by atoms with Crippen LogP contribution in [-0.4, -0.2) is 62.7 Å². The number of hydrogen-bond acceptors (Lipinski definition) is 4. The van der Waals surface area contributed by atoms with Gasteiger partial charge in [-0.05, 0) is 37.0 Å². The average Bonchev–Trinajstić information content (AvgIpc) is 3.23. The summed E-state index contributed by atoms with van der Waals surface area (Å²) in [6.45, 7) is 3.02. The third kappa shape index (κ3) is 4.24. The summed E-state index contributed by atoms with van der Waals surface area (Å²) in [5, 5.41) is 0. The Labute approximate surface area is 165 Å². The van der Waals surface area contributed by atoms with E-state index in [1.54, 1.807) is 18.7 Å². The highest BCUT2D eigenvalue weighted by molar-refractivity contribution is 5.79. The van der Waals surface area contributed by atoms with E-state index in [1.165, 1.54) is 0 Å². The van der Waals surface area contributed by atoms with Gasteiger partial charge in [0.25, 0.3) is 0 Å². The molecule has 1 atom stereocenters. The molecule has 0 unspecified atom stereocenters. The van der Waals surface area contributed by atoms with E-state index in [1.807, 2.05) is 28.1 Å². The van der Waals surface area contributed by atoms with Crippen LogP contribution in [0.15, 0.2) is 37.1 Å². The van der Waals surface area contributed by atoms with Crippen molar-refractivity contribution < 1.29 is 9.59 Å². The summed E-state index contributed by atoms with van der Waals surface area (Å²) in [5.41, 5.74) is 2.08. The van der Waals surface area contributed by atoms with Crippen LogP contribution < -0.4 is 0 Å². The molecule has 2 amide bonds. The maximum absolute atomic E-state index is 12.8. The van der Waals surface area contributed by atoms with Crippen molar-refractivity contribution in [2.45, 2.75) is 38.5 Å². The molecule has 2 aromatic rings. The van der Waals surface area contributed by atoms with E-state index >= 15 is 0 Å². The Morgan fingerprint density at radius 3 is 2.82 bits per heavy atom. The first-order valence-corrected chi connectivity index (χ1v) is 10.1. The Morgan fingerprint density at radius 1 is 1.18 bits per heavy atom. The number of amides is 2. The first kappa shape index (κ1) is 18.7. The molecule has 148 valence electrons. The zero-order valence-corrected chi connectivity index (χ0v) is 16.1. The number of carbonyl (C=O) groups excluding carboxylic acids is 2. The second kappa shape index (κ2) is 8.12. The van der Waals surface area contributed by atoms with Crippen molar-refractivity contribution in [1.29, 1.82) is 0 Å². The zero-order valence-electron chi connectivity index (χ0n) is 16.1. The van der Waals surface area contributed by atoms with Crippen LogP contribution in [-0.2, 0) is 22.4 Å². The van der Waals surface area contributed by atoms with E-state index in [0.29, 0.717) is 19.4 Å². The van der Waals surface area contributed by atoms with Crippen LogP contribution in [0, 0.1) is 5.41 Å². The molecule has 2 aliphatic rings. The quantitative estimate of drug-likeness (QED) is 0.857. The van der Waals surface area contributed by atoms with Gasteiger partial charge in [-0.25, -0.2) is 4.98 Å². The fraction of sp³-hybridized carbons (Fsp3) is 0.524. The highest BCUT2D eigenvalue weighted by Gasteiger charge is 2.42. The Morgan fingerprint density at radius 2 is 2.04 bits per heavy atom. The van der Waals surface area contributed by atoms with Crippen molar-refractivity contribution in [2.75, 3.05) is 26.2 Å². The number of aromatic amines is 1. The molecule has 7 heteroatoms. The van der Waals surface area contributed by atoms with Gasteiger partial charge in [0.05, 0.1) is 12.7 Å². The largest absolute Gasteiger partial charge is 0.348 e. The molecule has 28 heavy (non-hydrogen) atoms. The number of nitrogens with zero attached hydrogens (tertiary/aromatic N) is 4. The summed E-state index contributed by atoms with van der Waals surface area (Å²) >= 11 is 0. The summed E-state index contributed by atoms with van der Waals surface area (Å²) in [5.74, 6) is 0.400. The Hall–Kier alpha value is -2.70. The fourth-order valence-corrected chi connectivity index (χ4v) is 4.52. The van der Waals surface area contributed by atoms with Crippen molar-refractivity contribution in [3.8, 4) is 0 Å². The van der Waals surface area contributed by atoms with Gasteiger partial charge in [-0.3, -0.25) is 14.6 Å². The van der Waals surface area contributed by atoms with Gasteiger partial charge in [0.1, 0.15) is 0 Å². The molecule has 0 radical (unpaired) electrons. The maximum Gasteiger partial charge on any atom is 0.227 e. The molecule has 0 aliphatic carbocycles. The van der Waals surface area contributed by atoms with Crippen LogP contribution in [0.25, 0.3) is 0 Å². The third-order valence-corrected chi connectivity index (χ3v) is 6.07. The van der Waals surface area contributed by atoms with Crippen LogP contribution >= 0.6 is 0 Å². The van der Waals surface area contributed by atoms with E-state index in [0.717, 1.165) is 56.6 Å². The Balaban J connectivity index is 1.38. The van der Waals surface area contributed by atoms with Gasteiger partial charge in [0, 0.05) is 68.7 Å². The summed E-state index contributed by atoms with van der Waals surface area (Å²) in [7, 11) is 0. The van der Waals surface area contributed by atoms with Crippen molar-refractivity contribution >= 4 is 11.8 Å². The van der Waals surface area contributed by atoms with Crippen LogP contribution in [0.1, 0.15) is 36.9 Å². The van der Waals surface area contributed by atoms with E-state index in [2.05, 4.69) is 15.0 Å². The second-order valence-corrected chi connectivity index (χ2v) is 8.09. The van der Waals surface area contributed by atoms with E-state index in [9.17, 15) is 9.59 Å². The van der Waals surface area contributed by atoms with Crippen LogP contribution in [0.4, 0.5) is 0 Å². The molecule has 2 aliphatic heterocycles. The second-order valence-electron chi connectivity index (χ2n) is 8.09. The van der Waals surface area contributed by atoms with Crippen molar-refractivity contribution in [1.82, 2.24) is 24.8 Å². The summed E-state index contributed by atoms with van der Waals surface area (Å²) in [4.78, 5) is 40.4. The molecule has 0 bridgehead atoms. The maximum atomic E-state index is 12.8. The fourth-order valence-electron chi connectivity index (χ4n) is 4.52. The highest BCUT2D eigenvalue weighted by atomic mass is 16.2. The zero-order chi connectivity index (χ0) is 19.4. The van der Waals surface area contributed by atoms with Gasteiger partial charge < -0.3 is 14.8 Å². The third-order valence-electron chi connectivity index (χ3n) is 6.07.